The number of aliphatic hydroxyl groups is 1. The predicted molar refractivity (Wildman–Crippen MR) is 75.4 cm³/mol. The molecule has 4 heteroatoms. The molecule has 2 N–H and O–H groups in total. The number of benzene rings is 1. The number of hydrogen-bond acceptors (Lipinski definition) is 3. The average molecular weight is 276 g/mol. The lowest BCUT2D eigenvalue weighted by atomic mass is 9.79. The molecule has 2 unspecified atom stereocenters. The van der Waals surface area contributed by atoms with Crippen LogP contribution in [-0.4, -0.2) is 18.3 Å². The van der Waals surface area contributed by atoms with E-state index in [4.69, 9.17) is 5.26 Å². The van der Waals surface area contributed by atoms with E-state index in [-0.39, 0.29) is 12.4 Å². The van der Waals surface area contributed by atoms with Crippen LogP contribution in [0, 0.1) is 29.0 Å². The van der Waals surface area contributed by atoms with E-state index in [0.29, 0.717) is 29.5 Å². The highest BCUT2D eigenvalue weighted by atomic mass is 19.1. The fourth-order valence-corrected chi connectivity index (χ4v) is 2.97. The highest BCUT2D eigenvalue weighted by Gasteiger charge is 2.23. The molecule has 0 bridgehead atoms. The molecule has 1 saturated carbocycles. The van der Waals surface area contributed by atoms with Crippen LogP contribution in [0.15, 0.2) is 18.2 Å². The normalized spacial score (nSPS) is 22.4. The molecule has 2 rings (SSSR count). The molecule has 0 aliphatic heterocycles. The number of nitriles is 1. The van der Waals surface area contributed by atoms with E-state index in [0.717, 1.165) is 19.4 Å². The van der Waals surface area contributed by atoms with Gasteiger partial charge in [0.25, 0.3) is 0 Å². The van der Waals surface area contributed by atoms with Crippen LogP contribution in [0.4, 0.5) is 4.39 Å². The molecule has 1 aromatic carbocycles. The van der Waals surface area contributed by atoms with Gasteiger partial charge in [0, 0.05) is 18.7 Å². The van der Waals surface area contributed by atoms with E-state index in [1.807, 2.05) is 6.07 Å². The zero-order valence-electron chi connectivity index (χ0n) is 11.6. The van der Waals surface area contributed by atoms with E-state index in [2.05, 4.69) is 5.32 Å². The van der Waals surface area contributed by atoms with E-state index in [9.17, 15) is 9.50 Å². The standard InChI is InChI=1S/C16H21FN2O/c17-16-6-5-12(8-18)7-15(16)10-19-9-13-3-1-2-4-14(13)11-20/h5-7,13-14,19-20H,1-4,9-11H2. The minimum Gasteiger partial charge on any atom is -0.396 e. The lowest BCUT2D eigenvalue weighted by Crippen LogP contribution is -2.32. The molecule has 108 valence electrons. The Bertz CT molecular complexity index is 484. The van der Waals surface area contributed by atoms with Crippen LogP contribution in [0.5, 0.6) is 0 Å². The number of aliphatic hydroxyl groups excluding tert-OH is 1. The summed E-state index contributed by atoms with van der Waals surface area (Å²) in [5, 5.41) is 21.5. The SMILES string of the molecule is N#Cc1ccc(F)c(CNCC2CCCCC2CO)c1. The minimum absolute atomic E-state index is 0.241. The van der Waals surface area contributed by atoms with Crippen LogP contribution in [0.1, 0.15) is 36.8 Å². The summed E-state index contributed by atoms with van der Waals surface area (Å²) in [6.45, 7) is 1.46. The van der Waals surface area contributed by atoms with E-state index >= 15 is 0 Å². The van der Waals surface area contributed by atoms with Gasteiger partial charge in [0.2, 0.25) is 0 Å². The zero-order chi connectivity index (χ0) is 14.4. The van der Waals surface area contributed by atoms with Gasteiger partial charge >= 0.3 is 0 Å². The second-order valence-electron chi connectivity index (χ2n) is 5.54. The first kappa shape index (κ1) is 15.0. The first-order chi connectivity index (χ1) is 9.74. The summed E-state index contributed by atoms with van der Waals surface area (Å²) in [5.74, 6) is 0.557. The molecular weight excluding hydrogens is 255 g/mol. The van der Waals surface area contributed by atoms with Gasteiger partial charge in [-0.15, -0.1) is 0 Å². The van der Waals surface area contributed by atoms with Gasteiger partial charge in [-0.05, 0) is 49.4 Å². The molecule has 1 aliphatic rings. The Hall–Kier alpha value is -1.44. The molecule has 0 saturated heterocycles. The van der Waals surface area contributed by atoms with Crippen LogP contribution in [0.3, 0.4) is 0 Å². The molecule has 2 atom stereocenters. The van der Waals surface area contributed by atoms with Crippen molar-refractivity contribution in [3.63, 3.8) is 0 Å². The third-order valence-corrected chi connectivity index (χ3v) is 4.20. The van der Waals surface area contributed by atoms with E-state index in [1.54, 1.807) is 6.07 Å². The van der Waals surface area contributed by atoms with Crippen LogP contribution in [0.2, 0.25) is 0 Å². The Labute approximate surface area is 119 Å². The van der Waals surface area contributed by atoms with Crippen molar-refractivity contribution in [1.82, 2.24) is 5.32 Å². The van der Waals surface area contributed by atoms with Crippen LogP contribution in [0.25, 0.3) is 0 Å². The van der Waals surface area contributed by atoms with Crippen molar-refractivity contribution in [2.45, 2.75) is 32.2 Å². The maximum Gasteiger partial charge on any atom is 0.127 e. The second-order valence-corrected chi connectivity index (χ2v) is 5.54. The zero-order valence-corrected chi connectivity index (χ0v) is 11.6. The molecule has 1 aromatic rings. The molecule has 20 heavy (non-hydrogen) atoms. The quantitative estimate of drug-likeness (QED) is 0.869. The smallest absolute Gasteiger partial charge is 0.127 e. The minimum atomic E-state index is -0.279. The van der Waals surface area contributed by atoms with Gasteiger partial charge < -0.3 is 10.4 Å². The van der Waals surface area contributed by atoms with Gasteiger partial charge in [0.05, 0.1) is 11.6 Å². The third-order valence-electron chi connectivity index (χ3n) is 4.20. The van der Waals surface area contributed by atoms with Gasteiger partial charge in [0.1, 0.15) is 5.82 Å². The van der Waals surface area contributed by atoms with Crippen molar-refractivity contribution in [3.05, 3.63) is 35.1 Å². The molecule has 3 nitrogen and oxygen atoms in total. The van der Waals surface area contributed by atoms with Crippen LogP contribution < -0.4 is 5.32 Å². The Balaban J connectivity index is 1.87. The summed E-state index contributed by atoms with van der Waals surface area (Å²) in [4.78, 5) is 0. The number of nitrogens with zero attached hydrogens (tertiary/aromatic N) is 1. The molecule has 0 heterocycles. The van der Waals surface area contributed by atoms with E-state index in [1.165, 1.54) is 25.0 Å². The summed E-state index contributed by atoms with van der Waals surface area (Å²) in [5.41, 5.74) is 1.01. The monoisotopic (exact) mass is 276 g/mol. The number of nitrogens with one attached hydrogen (secondary N) is 1. The first-order valence-corrected chi connectivity index (χ1v) is 7.24. The lowest BCUT2D eigenvalue weighted by Gasteiger charge is -2.30. The molecule has 0 amide bonds. The van der Waals surface area contributed by atoms with Gasteiger partial charge in [-0.25, -0.2) is 4.39 Å². The van der Waals surface area contributed by atoms with Crippen molar-refractivity contribution < 1.29 is 9.50 Å². The largest absolute Gasteiger partial charge is 0.396 e. The second kappa shape index (κ2) is 7.37. The molecule has 0 aromatic heterocycles. The van der Waals surface area contributed by atoms with Gasteiger partial charge in [0.15, 0.2) is 0 Å². The van der Waals surface area contributed by atoms with Crippen molar-refractivity contribution in [2.24, 2.45) is 11.8 Å². The lowest BCUT2D eigenvalue weighted by molar-refractivity contribution is 0.133. The molecule has 0 radical (unpaired) electrons. The fourth-order valence-electron chi connectivity index (χ4n) is 2.97. The number of rotatable bonds is 5. The Morgan fingerprint density at radius 1 is 1.30 bits per heavy atom. The fraction of sp³-hybridized carbons (Fsp3) is 0.562. The maximum atomic E-state index is 13.6. The Morgan fingerprint density at radius 2 is 2.05 bits per heavy atom. The average Bonchev–Trinajstić information content (AvgIpc) is 2.49. The molecule has 0 spiro atoms. The van der Waals surface area contributed by atoms with Crippen molar-refractivity contribution in [2.75, 3.05) is 13.2 Å². The summed E-state index contributed by atoms with van der Waals surface area (Å²) in [6, 6.07) is 6.44. The van der Waals surface area contributed by atoms with Gasteiger partial charge in [-0.1, -0.05) is 12.8 Å². The van der Waals surface area contributed by atoms with Crippen molar-refractivity contribution in [3.8, 4) is 6.07 Å². The van der Waals surface area contributed by atoms with Gasteiger partial charge in [-0.2, -0.15) is 5.26 Å². The van der Waals surface area contributed by atoms with E-state index < -0.39 is 0 Å². The first-order valence-electron chi connectivity index (χ1n) is 7.24. The Morgan fingerprint density at radius 3 is 2.75 bits per heavy atom. The topological polar surface area (TPSA) is 56.0 Å². The third kappa shape index (κ3) is 3.78. The molecule has 1 fully saturated rings. The van der Waals surface area contributed by atoms with Crippen LogP contribution >= 0.6 is 0 Å². The highest BCUT2D eigenvalue weighted by Crippen LogP contribution is 2.29. The van der Waals surface area contributed by atoms with Crippen molar-refractivity contribution >= 4 is 0 Å². The predicted octanol–water partition coefficient (Wildman–Crippen LogP) is 2.59. The highest BCUT2D eigenvalue weighted by molar-refractivity contribution is 5.33. The summed E-state index contributed by atoms with van der Waals surface area (Å²) < 4.78 is 13.6. The van der Waals surface area contributed by atoms with Crippen molar-refractivity contribution in [1.29, 1.82) is 5.26 Å². The summed E-state index contributed by atoms with van der Waals surface area (Å²) in [6.07, 6.45) is 4.61. The number of hydrogen-bond donors (Lipinski definition) is 2. The summed E-state index contributed by atoms with van der Waals surface area (Å²) >= 11 is 0. The maximum absolute atomic E-state index is 13.6. The van der Waals surface area contributed by atoms with Gasteiger partial charge in [-0.3, -0.25) is 0 Å². The molecular formula is C16H21FN2O. The van der Waals surface area contributed by atoms with Crippen LogP contribution in [-0.2, 0) is 6.54 Å². The summed E-state index contributed by atoms with van der Waals surface area (Å²) in [7, 11) is 0. The Kier molecular flexibility index (Phi) is 5.51. The molecule has 1 aliphatic carbocycles. The number of halogens is 1.